The molecule has 0 saturated heterocycles. The second-order valence-corrected chi connectivity index (χ2v) is 6.96. The van der Waals surface area contributed by atoms with E-state index in [1.165, 1.54) is 4.90 Å². The molecule has 132 valence electrons. The molecule has 26 heavy (non-hydrogen) atoms. The molecule has 0 amide bonds. The molecule has 0 aliphatic carbocycles. The van der Waals surface area contributed by atoms with Crippen LogP contribution in [0, 0.1) is 0 Å². The number of thiocarbonyl (C=S) groups is 1. The fourth-order valence-corrected chi connectivity index (χ4v) is 3.17. The SMILES string of the molecule is CN(CC(=O)O)C(=S)c1cc(-c2ccc(Cl)c(Cl)c2)nc2ccccc12. The van der Waals surface area contributed by atoms with E-state index in [4.69, 9.17) is 40.5 Å². The molecule has 3 aromatic rings. The first kappa shape index (κ1) is 18.6. The van der Waals surface area contributed by atoms with Crippen LogP contribution in [0.5, 0.6) is 0 Å². The summed E-state index contributed by atoms with van der Waals surface area (Å²) in [6.07, 6.45) is 0. The van der Waals surface area contributed by atoms with Gasteiger partial charge in [-0.25, -0.2) is 4.98 Å². The Morgan fingerprint density at radius 3 is 2.58 bits per heavy atom. The number of rotatable bonds is 4. The highest BCUT2D eigenvalue weighted by Crippen LogP contribution is 2.30. The summed E-state index contributed by atoms with van der Waals surface area (Å²) >= 11 is 17.7. The number of aliphatic carboxylic acids is 1. The van der Waals surface area contributed by atoms with Gasteiger partial charge in [0.25, 0.3) is 0 Å². The number of likely N-dealkylation sites (N-methyl/N-ethyl adjacent to an activating group) is 1. The van der Waals surface area contributed by atoms with E-state index in [2.05, 4.69) is 4.98 Å². The fraction of sp³-hybridized carbons (Fsp3) is 0.105. The summed E-state index contributed by atoms with van der Waals surface area (Å²) in [5.74, 6) is -0.946. The van der Waals surface area contributed by atoms with Gasteiger partial charge in [0.05, 0.1) is 21.3 Å². The molecule has 4 nitrogen and oxygen atoms in total. The van der Waals surface area contributed by atoms with Crippen molar-refractivity contribution in [2.24, 2.45) is 0 Å². The third-order valence-electron chi connectivity index (χ3n) is 3.88. The van der Waals surface area contributed by atoms with E-state index in [0.717, 1.165) is 22.0 Å². The third kappa shape index (κ3) is 3.80. The predicted molar refractivity (Wildman–Crippen MR) is 109 cm³/mol. The zero-order valence-electron chi connectivity index (χ0n) is 13.7. The molecule has 0 unspecified atom stereocenters. The second kappa shape index (κ2) is 7.58. The Balaban J connectivity index is 2.16. The Labute approximate surface area is 166 Å². The van der Waals surface area contributed by atoms with Crippen LogP contribution in [0.3, 0.4) is 0 Å². The number of aromatic nitrogens is 1. The predicted octanol–water partition coefficient (Wildman–Crippen LogP) is 4.90. The maximum Gasteiger partial charge on any atom is 0.323 e. The maximum atomic E-state index is 11.0. The average molecular weight is 405 g/mol. The molecule has 0 atom stereocenters. The first-order valence-corrected chi connectivity index (χ1v) is 8.85. The third-order valence-corrected chi connectivity index (χ3v) is 5.15. The highest BCUT2D eigenvalue weighted by Gasteiger charge is 2.16. The van der Waals surface area contributed by atoms with Crippen LogP contribution >= 0.6 is 35.4 Å². The van der Waals surface area contributed by atoms with Crippen LogP contribution in [0.15, 0.2) is 48.5 Å². The number of carbonyl (C=O) groups is 1. The molecule has 0 spiro atoms. The number of hydrogen-bond acceptors (Lipinski definition) is 3. The quantitative estimate of drug-likeness (QED) is 0.626. The molecule has 0 fully saturated rings. The monoisotopic (exact) mass is 404 g/mol. The van der Waals surface area contributed by atoms with Crippen molar-refractivity contribution >= 4 is 57.3 Å². The van der Waals surface area contributed by atoms with Crippen molar-refractivity contribution in [3.8, 4) is 11.3 Å². The van der Waals surface area contributed by atoms with Gasteiger partial charge in [0, 0.05) is 23.6 Å². The summed E-state index contributed by atoms with van der Waals surface area (Å²) in [5, 5.41) is 10.8. The van der Waals surface area contributed by atoms with E-state index < -0.39 is 5.97 Å². The van der Waals surface area contributed by atoms with Crippen molar-refractivity contribution in [1.82, 2.24) is 9.88 Å². The molecule has 2 aromatic carbocycles. The van der Waals surface area contributed by atoms with Crippen molar-refractivity contribution in [3.05, 3.63) is 64.1 Å². The van der Waals surface area contributed by atoms with Gasteiger partial charge in [0.1, 0.15) is 11.5 Å². The number of hydrogen-bond donors (Lipinski definition) is 1. The Kier molecular flexibility index (Phi) is 5.41. The van der Waals surface area contributed by atoms with Gasteiger partial charge in [-0.3, -0.25) is 4.79 Å². The number of nitrogens with zero attached hydrogens (tertiary/aromatic N) is 2. The number of benzene rings is 2. The Hall–Kier alpha value is -2.21. The van der Waals surface area contributed by atoms with Crippen LogP contribution in [0.1, 0.15) is 5.56 Å². The number of carboxylic acids is 1. The number of carboxylic acid groups (broad SMARTS) is 1. The van der Waals surface area contributed by atoms with Crippen molar-refractivity contribution < 1.29 is 9.90 Å². The zero-order chi connectivity index (χ0) is 18.8. The van der Waals surface area contributed by atoms with Gasteiger partial charge in [-0.2, -0.15) is 0 Å². The largest absolute Gasteiger partial charge is 0.480 e. The zero-order valence-corrected chi connectivity index (χ0v) is 16.1. The topological polar surface area (TPSA) is 53.4 Å². The summed E-state index contributed by atoms with van der Waals surface area (Å²) < 4.78 is 0. The maximum absolute atomic E-state index is 11.0. The van der Waals surface area contributed by atoms with E-state index in [9.17, 15) is 4.79 Å². The van der Waals surface area contributed by atoms with Crippen LogP contribution in [-0.2, 0) is 4.79 Å². The summed E-state index contributed by atoms with van der Waals surface area (Å²) in [7, 11) is 1.66. The molecule has 0 bridgehead atoms. The minimum absolute atomic E-state index is 0.183. The van der Waals surface area contributed by atoms with Crippen LogP contribution in [0.4, 0.5) is 0 Å². The molecule has 0 saturated carbocycles. The molecule has 0 aliphatic heterocycles. The first-order chi connectivity index (χ1) is 12.4. The normalized spacial score (nSPS) is 10.7. The molecule has 1 aromatic heterocycles. The molecule has 1 N–H and O–H groups in total. The van der Waals surface area contributed by atoms with Crippen LogP contribution < -0.4 is 0 Å². The molecule has 0 aliphatic rings. The van der Waals surface area contributed by atoms with E-state index in [1.807, 2.05) is 36.4 Å². The number of halogens is 2. The van der Waals surface area contributed by atoms with E-state index in [1.54, 1.807) is 19.2 Å². The van der Waals surface area contributed by atoms with Gasteiger partial charge >= 0.3 is 5.97 Å². The standard InChI is InChI=1S/C19H14Cl2N2O2S/c1-23(10-18(24)25)19(26)13-9-17(11-6-7-14(20)15(21)8-11)22-16-5-3-2-4-12(13)16/h2-9H,10H2,1H3,(H,24,25). The van der Waals surface area contributed by atoms with Crippen LogP contribution in [0.25, 0.3) is 22.2 Å². The van der Waals surface area contributed by atoms with E-state index in [-0.39, 0.29) is 6.54 Å². The van der Waals surface area contributed by atoms with Gasteiger partial charge < -0.3 is 10.0 Å². The Morgan fingerprint density at radius 2 is 1.88 bits per heavy atom. The highest BCUT2D eigenvalue weighted by molar-refractivity contribution is 7.80. The van der Waals surface area contributed by atoms with Gasteiger partial charge in [0.2, 0.25) is 0 Å². The highest BCUT2D eigenvalue weighted by atomic mass is 35.5. The first-order valence-electron chi connectivity index (χ1n) is 7.69. The lowest BCUT2D eigenvalue weighted by Gasteiger charge is -2.20. The summed E-state index contributed by atoms with van der Waals surface area (Å²) in [6, 6.07) is 14.7. The molecule has 0 radical (unpaired) electrons. The molecule has 3 rings (SSSR count). The molecular weight excluding hydrogens is 391 g/mol. The lowest BCUT2D eigenvalue weighted by molar-refractivity contribution is -0.137. The van der Waals surface area contributed by atoms with Crippen molar-refractivity contribution in [1.29, 1.82) is 0 Å². The smallest absolute Gasteiger partial charge is 0.323 e. The van der Waals surface area contributed by atoms with E-state index in [0.29, 0.717) is 20.7 Å². The summed E-state index contributed by atoms with van der Waals surface area (Å²) in [6.45, 7) is -0.183. The lowest BCUT2D eigenvalue weighted by Crippen LogP contribution is -2.31. The number of fused-ring (bicyclic) bond motifs is 1. The van der Waals surface area contributed by atoms with Crippen molar-refractivity contribution in [2.45, 2.75) is 0 Å². The van der Waals surface area contributed by atoms with Crippen LogP contribution in [-0.4, -0.2) is 39.5 Å². The van der Waals surface area contributed by atoms with Gasteiger partial charge in [-0.15, -0.1) is 0 Å². The molecule has 1 heterocycles. The minimum atomic E-state index is -0.946. The van der Waals surface area contributed by atoms with Gasteiger partial charge in [-0.1, -0.05) is 59.7 Å². The molecule has 7 heteroatoms. The van der Waals surface area contributed by atoms with Crippen molar-refractivity contribution in [2.75, 3.05) is 13.6 Å². The van der Waals surface area contributed by atoms with Crippen molar-refractivity contribution in [3.63, 3.8) is 0 Å². The summed E-state index contributed by atoms with van der Waals surface area (Å²) in [4.78, 5) is 17.7. The fourth-order valence-electron chi connectivity index (χ4n) is 2.64. The minimum Gasteiger partial charge on any atom is -0.480 e. The van der Waals surface area contributed by atoms with Crippen LogP contribution in [0.2, 0.25) is 10.0 Å². The Morgan fingerprint density at radius 1 is 1.15 bits per heavy atom. The summed E-state index contributed by atoms with van der Waals surface area (Å²) in [5.41, 5.74) is 2.99. The molecular formula is C19H14Cl2N2O2S. The number of para-hydroxylation sites is 1. The van der Waals surface area contributed by atoms with E-state index >= 15 is 0 Å². The van der Waals surface area contributed by atoms with Gasteiger partial charge in [0.15, 0.2) is 0 Å². The lowest BCUT2D eigenvalue weighted by atomic mass is 10.0. The average Bonchev–Trinajstić information content (AvgIpc) is 2.61. The Bertz CT molecular complexity index is 1020. The second-order valence-electron chi connectivity index (χ2n) is 5.76. The van der Waals surface area contributed by atoms with Gasteiger partial charge in [-0.05, 0) is 24.3 Å². The number of pyridine rings is 1.